The molecular formula is C22H18O4. The molecule has 0 aromatic heterocycles. The van der Waals surface area contributed by atoms with E-state index in [-0.39, 0.29) is 18.0 Å². The monoisotopic (exact) mass is 346 g/mol. The van der Waals surface area contributed by atoms with Crippen LogP contribution in [0.2, 0.25) is 0 Å². The summed E-state index contributed by atoms with van der Waals surface area (Å²) in [4.78, 5) is 25.2. The Morgan fingerprint density at radius 1 is 0.769 bits per heavy atom. The van der Waals surface area contributed by atoms with Gasteiger partial charge >= 0.3 is 5.97 Å². The molecular weight excluding hydrogens is 328 g/mol. The van der Waals surface area contributed by atoms with Crippen molar-refractivity contribution in [3.63, 3.8) is 0 Å². The summed E-state index contributed by atoms with van der Waals surface area (Å²) in [6, 6.07) is 22.8. The minimum absolute atomic E-state index is 0.122. The van der Waals surface area contributed by atoms with E-state index < -0.39 is 5.97 Å². The predicted octanol–water partition coefficient (Wildman–Crippen LogP) is 4.28. The van der Waals surface area contributed by atoms with Crippen molar-refractivity contribution in [1.82, 2.24) is 0 Å². The van der Waals surface area contributed by atoms with Crippen molar-refractivity contribution in [3.05, 3.63) is 101 Å². The summed E-state index contributed by atoms with van der Waals surface area (Å²) in [5, 5.41) is 0. The Labute approximate surface area is 152 Å². The molecule has 3 aromatic rings. The molecule has 0 amide bonds. The van der Waals surface area contributed by atoms with Crippen LogP contribution in [0.4, 0.5) is 0 Å². The Hall–Kier alpha value is -3.40. The second kappa shape index (κ2) is 8.12. The van der Waals surface area contributed by atoms with Crippen LogP contribution in [0.15, 0.2) is 78.9 Å². The smallest absolute Gasteiger partial charge is 0.339 e. The first-order valence-electron chi connectivity index (χ1n) is 8.18. The van der Waals surface area contributed by atoms with Crippen LogP contribution in [-0.2, 0) is 11.3 Å². The number of esters is 1. The van der Waals surface area contributed by atoms with E-state index in [2.05, 4.69) is 0 Å². The topological polar surface area (TPSA) is 52.6 Å². The highest BCUT2D eigenvalue weighted by Crippen LogP contribution is 2.17. The first kappa shape index (κ1) is 17.4. The van der Waals surface area contributed by atoms with Crippen LogP contribution < -0.4 is 4.74 Å². The number of ether oxygens (including phenoxy) is 2. The summed E-state index contributed by atoms with van der Waals surface area (Å²) in [5.41, 5.74) is 1.96. The SMILES string of the molecule is COc1ccc(COC(=O)c2ccccc2C(=O)c2ccccc2)cc1. The maximum absolute atomic E-state index is 12.7. The summed E-state index contributed by atoms with van der Waals surface area (Å²) in [7, 11) is 1.59. The molecule has 0 bridgehead atoms. The predicted molar refractivity (Wildman–Crippen MR) is 98.4 cm³/mol. The average molecular weight is 346 g/mol. The molecule has 0 aliphatic rings. The summed E-state index contributed by atoms with van der Waals surface area (Å²) < 4.78 is 10.5. The first-order valence-corrected chi connectivity index (χ1v) is 8.18. The Kier molecular flexibility index (Phi) is 5.44. The lowest BCUT2D eigenvalue weighted by Gasteiger charge is -2.09. The fourth-order valence-electron chi connectivity index (χ4n) is 2.55. The molecule has 0 fully saturated rings. The van der Waals surface area contributed by atoms with Gasteiger partial charge in [-0.3, -0.25) is 4.79 Å². The zero-order valence-corrected chi connectivity index (χ0v) is 14.3. The number of hydrogen-bond donors (Lipinski definition) is 0. The minimum Gasteiger partial charge on any atom is -0.497 e. The van der Waals surface area contributed by atoms with Crippen molar-refractivity contribution < 1.29 is 19.1 Å². The van der Waals surface area contributed by atoms with E-state index in [1.54, 1.807) is 67.8 Å². The highest BCUT2D eigenvalue weighted by Gasteiger charge is 2.19. The van der Waals surface area contributed by atoms with Gasteiger partial charge in [-0.2, -0.15) is 0 Å². The van der Waals surface area contributed by atoms with Crippen molar-refractivity contribution in [1.29, 1.82) is 0 Å². The number of hydrogen-bond acceptors (Lipinski definition) is 4. The van der Waals surface area contributed by atoms with Crippen LogP contribution in [0.25, 0.3) is 0 Å². The third-order valence-corrected chi connectivity index (χ3v) is 3.96. The molecule has 0 spiro atoms. The zero-order valence-electron chi connectivity index (χ0n) is 14.3. The van der Waals surface area contributed by atoms with Gasteiger partial charge in [0.15, 0.2) is 5.78 Å². The van der Waals surface area contributed by atoms with Gasteiger partial charge < -0.3 is 9.47 Å². The number of ketones is 1. The standard InChI is InChI=1S/C22H18O4/c1-25-18-13-11-16(12-14-18)15-26-22(24)20-10-6-5-9-19(20)21(23)17-7-3-2-4-8-17/h2-14H,15H2,1H3. The molecule has 0 N–H and O–H groups in total. The van der Waals surface area contributed by atoms with E-state index in [1.807, 2.05) is 18.2 Å². The summed E-state index contributed by atoms with van der Waals surface area (Å²) in [5.74, 6) is 0.00202. The molecule has 130 valence electrons. The number of benzene rings is 3. The van der Waals surface area contributed by atoms with Crippen LogP contribution in [0.3, 0.4) is 0 Å². The van der Waals surface area contributed by atoms with Gasteiger partial charge in [-0.25, -0.2) is 4.79 Å². The highest BCUT2D eigenvalue weighted by molar-refractivity contribution is 6.14. The van der Waals surface area contributed by atoms with Gasteiger partial charge in [-0.05, 0) is 23.8 Å². The molecule has 0 unspecified atom stereocenters. The van der Waals surface area contributed by atoms with Crippen molar-refractivity contribution >= 4 is 11.8 Å². The molecule has 4 nitrogen and oxygen atoms in total. The van der Waals surface area contributed by atoms with E-state index in [1.165, 1.54) is 0 Å². The molecule has 0 saturated carbocycles. The summed E-state index contributed by atoms with van der Waals surface area (Å²) in [6.45, 7) is 0.122. The van der Waals surface area contributed by atoms with Gasteiger partial charge in [0.05, 0.1) is 12.7 Å². The fourth-order valence-corrected chi connectivity index (χ4v) is 2.55. The maximum atomic E-state index is 12.7. The third-order valence-electron chi connectivity index (χ3n) is 3.96. The van der Waals surface area contributed by atoms with Gasteiger partial charge in [0.2, 0.25) is 0 Å². The molecule has 3 aromatic carbocycles. The quantitative estimate of drug-likeness (QED) is 0.494. The minimum atomic E-state index is -0.527. The fraction of sp³-hybridized carbons (Fsp3) is 0.0909. The third kappa shape index (κ3) is 3.98. The van der Waals surface area contributed by atoms with E-state index in [0.29, 0.717) is 11.1 Å². The van der Waals surface area contributed by atoms with Crippen molar-refractivity contribution in [2.24, 2.45) is 0 Å². The lowest BCUT2D eigenvalue weighted by atomic mass is 9.98. The average Bonchev–Trinajstić information content (AvgIpc) is 2.72. The van der Waals surface area contributed by atoms with Gasteiger partial charge in [0.1, 0.15) is 12.4 Å². The van der Waals surface area contributed by atoms with E-state index in [4.69, 9.17) is 9.47 Å². The number of carbonyl (C=O) groups is 2. The van der Waals surface area contributed by atoms with Crippen LogP contribution in [0.5, 0.6) is 5.75 Å². The Bertz CT molecular complexity index is 899. The summed E-state index contributed by atoms with van der Waals surface area (Å²) >= 11 is 0. The second-order valence-electron chi connectivity index (χ2n) is 5.66. The van der Waals surface area contributed by atoms with Crippen LogP contribution >= 0.6 is 0 Å². The highest BCUT2D eigenvalue weighted by atomic mass is 16.5. The van der Waals surface area contributed by atoms with Gasteiger partial charge in [0, 0.05) is 11.1 Å². The number of methoxy groups -OCH3 is 1. The molecule has 4 heteroatoms. The van der Waals surface area contributed by atoms with Crippen molar-refractivity contribution in [2.75, 3.05) is 7.11 Å². The lowest BCUT2D eigenvalue weighted by Crippen LogP contribution is -2.12. The first-order chi connectivity index (χ1) is 12.7. The van der Waals surface area contributed by atoms with Crippen molar-refractivity contribution in [2.45, 2.75) is 6.61 Å². The molecule has 0 atom stereocenters. The molecule has 0 aliphatic heterocycles. The van der Waals surface area contributed by atoms with Crippen LogP contribution in [0.1, 0.15) is 31.8 Å². The van der Waals surface area contributed by atoms with E-state index >= 15 is 0 Å². The molecule has 0 saturated heterocycles. The van der Waals surface area contributed by atoms with E-state index in [9.17, 15) is 9.59 Å². The normalized spacial score (nSPS) is 10.2. The molecule has 3 rings (SSSR count). The second-order valence-corrected chi connectivity index (χ2v) is 5.66. The molecule has 0 aliphatic carbocycles. The van der Waals surface area contributed by atoms with Crippen LogP contribution in [-0.4, -0.2) is 18.9 Å². The summed E-state index contributed by atoms with van der Waals surface area (Å²) in [6.07, 6.45) is 0. The molecule has 26 heavy (non-hydrogen) atoms. The molecule has 0 heterocycles. The Morgan fingerprint density at radius 2 is 1.38 bits per heavy atom. The van der Waals surface area contributed by atoms with Gasteiger partial charge in [0.25, 0.3) is 0 Å². The van der Waals surface area contributed by atoms with Gasteiger partial charge in [-0.1, -0.05) is 60.7 Å². The number of rotatable bonds is 6. The molecule has 0 radical (unpaired) electrons. The van der Waals surface area contributed by atoms with Crippen LogP contribution in [0, 0.1) is 0 Å². The Balaban J connectivity index is 1.76. The van der Waals surface area contributed by atoms with Gasteiger partial charge in [-0.15, -0.1) is 0 Å². The Morgan fingerprint density at radius 3 is 2.04 bits per heavy atom. The van der Waals surface area contributed by atoms with E-state index in [0.717, 1.165) is 11.3 Å². The lowest BCUT2D eigenvalue weighted by molar-refractivity contribution is 0.0470. The van der Waals surface area contributed by atoms with Crippen molar-refractivity contribution in [3.8, 4) is 5.75 Å². The maximum Gasteiger partial charge on any atom is 0.339 e. The number of carbonyl (C=O) groups excluding carboxylic acids is 2. The zero-order chi connectivity index (χ0) is 18.4. The largest absolute Gasteiger partial charge is 0.497 e.